The van der Waals surface area contributed by atoms with Crippen molar-refractivity contribution >= 4 is 29.3 Å². The molecule has 0 aliphatic carbocycles. The topological polar surface area (TPSA) is 63.6 Å². The molecule has 0 unspecified atom stereocenters. The Kier molecular flexibility index (Phi) is 6.03. The number of hydrogen-bond donors (Lipinski definition) is 1. The summed E-state index contributed by atoms with van der Waals surface area (Å²) in [6.45, 7) is -1.53. The first-order chi connectivity index (χ1) is 3.06. The Hall–Kier alpha value is 0.397. The van der Waals surface area contributed by atoms with Crippen LogP contribution in [0.5, 0.6) is 0 Å². The van der Waals surface area contributed by atoms with Crippen molar-refractivity contribution in [2.75, 3.05) is 6.86 Å². The second-order valence-corrected chi connectivity index (χ2v) is 1.75. The van der Waals surface area contributed by atoms with E-state index in [0.29, 0.717) is 0 Å². The van der Waals surface area contributed by atoms with Gasteiger partial charge in [-0.3, -0.25) is 4.55 Å². The van der Waals surface area contributed by atoms with Gasteiger partial charge in [0.25, 0.3) is 0 Å². The Morgan fingerprint density at radius 2 is 2.00 bits per heavy atom. The van der Waals surface area contributed by atoms with Crippen molar-refractivity contribution in [3.63, 3.8) is 0 Å². The molecule has 4 nitrogen and oxygen atoms in total. The minimum absolute atomic E-state index is 0. The number of halogens is 1. The minimum atomic E-state index is -4.55. The van der Waals surface area contributed by atoms with Gasteiger partial charge in [-0.2, -0.15) is 8.42 Å². The molecule has 0 saturated heterocycles. The first-order valence-electron chi connectivity index (χ1n) is 1.24. The molecule has 0 saturated carbocycles. The summed E-state index contributed by atoms with van der Waals surface area (Å²) in [4.78, 5) is 0. The van der Waals surface area contributed by atoms with Gasteiger partial charge in [0.2, 0.25) is 6.86 Å². The summed E-state index contributed by atoms with van der Waals surface area (Å²) in [5.41, 5.74) is 0. The standard InChI is InChI=1S/CH3FO4S.Li.H/c2-1-6-7(3,4)5;;/h1H2,(H,3,4,5);;. The number of alkyl halides is 1. The Labute approximate surface area is 58.2 Å². The van der Waals surface area contributed by atoms with Crippen molar-refractivity contribution in [1.82, 2.24) is 0 Å². The third kappa shape index (κ3) is 9.64. The van der Waals surface area contributed by atoms with Crippen LogP contribution in [0.4, 0.5) is 4.39 Å². The molecule has 0 spiro atoms. The van der Waals surface area contributed by atoms with Crippen LogP contribution in [0.25, 0.3) is 0 Å². The molecule has 0 aromatic heterocycles. The predicted octanol–water partition coefficient (Wildman–Crippen LogP) is -0.916. The fourth-order valence-corrected chi connectivity index (χ4v) is 0.169. The van der Waals surface area contributed by atoms with Crippen LogP contribution in [0.2, 0.25) is 0 Å². The number of rotatable bonds is 2. The molecule has 0 aliphatic heterocycles. The molecule has 1 N–H and O–H groups in total. The van der Waals surface area contributed by atoms with Gasteiger partial charge in [-0.25, -0.2) is 8.57 Å². The van der Waals surface area contributed by atoms with Crippen molar-refractivity contribution in [3.8, 4) is 0 Å². The first-order valence-corrected chi connectivity index (χ1v) is 2.60. The molecular weight excluding hydrogens is 134 g/mol. The van der Waals surface area contributed by atoms with E-state index in [0.717, 1.165) is 0 Å². The molecule has 0 bridgehead atoms. The van der Waals surface area contributed by atoms with Gasteiger partial charge in [-0.15, -0.1) is 0 Å². The van der Waals surface area contributed by atoms with Crippen molar-refractivity contribution < 1.29 is 21.5 Å². The van der Waals surface area contributed by atoms with E-state index in [1.54, 1.807) is 0 Å². The third-order valence-corrected chi connectivity index (χ3v) is 0.580. The second-order valence-electron chi connectivity index (χ2n) is 0.655. The van der Waals surface area contributed by atoms with Gasteiger partial charge in [0.1, 0.15) is 0 Å². The second kappa shape index (κ2) is 4.29. The van der Waals surface area contributed by atoms with Gasteiger partial charge in [0.05, 0.1) is 0 Å². The zero-order valence-corrected chi connectivity index (χ0v) is 3.98. The molecule has 0 heterocycles. The summed E-state index contributed by atoms with van der Waals surface area (Å²) >= 11 is 0. The van der Waals surface area contributed by atoms with E-state index in [1.807, 2.05) is 0 Å². The summed E-state index contributed by atoms with van der Waals surface area (Å²) in [6.07, 6.45) is 0. The van der Waals surface area contributed by atoms with E-state index >= 15 is 0 Å². The van der Waals surface area contributed by atoms with Gasteiger partial charge in [-0.05, 0) is 0 Å². The van der Waals surface area contributed by atoms with E-state index < -0.39 is 17.3 Å². The molecule has 0 fully saturated rings. The SMILES string of the molecule is O=S(=O)(O)OCF.[LiH]. The van der Waals surface area contributed by atoms with E-state index in [9.17, 15) is 12.8 Å². The van der Waals surface area contributed by atoms with Crippen molar-refractivity contribution in [2.24, 2.45) is 0 Å². The predicted molar refractivity (Wildman–Crippen MR) is 25.8 cm³/mol. The zero-order chi connectivity index (χ0) is 5.91. The van der Waals surface area contributed by atoms with Crippen LogP contribution in [0.15, 0.2) is 0 Å². The van der Waals surface area contributed by atoms with Crippen molar-refractivity contribution in [1.29, 1.82) is 0 Å². The Bertz CT molecular complexity index is 129. The van der Waals surface area contributed by atoms with Gasteiger partial charge in [0.15, 0.2) is 0 Å². The molecule has 7 heteroatoms. The summed E-state index contributed by atoms with van der Waals surface area (Å²) in [5, 5.41) is 0. The molecule has 0 radical (unpaired) electrons. The Morgan fingerprint density at radius 3 is 2.00 bits per heavy atom. The van der Waals surface area contributed by atoms with E-state index in [2.05, 4.69) is 4.18 Å². The summed E-state index contributed by atoms with van der Waals surface area (Å²) in [6, 6.07) is 0. The van der Waals surface area contributed by atoms with Crippen LogP contribution in [-0.2, 0) is 14.6 Å². The van der Waals surface area contributed by atoms with Gasteiger partial charge in [-0.1, -0.05) is 0 Å². The van der Waals surface area contributed by atoms with Crippen LogP contribution < -0.4 is 0 Å². The van der Waals surface area contributed by atoms with Crippen LogP contribution in [0.3, 0.4) is 0 Å². The van der Waals surface area contributed by atoms with Crippen LogP contribution in [-0.4, -0.2) is 38.7 Å². The molecule has 0 rings (SSSR count). The average molecular weight is 138 g/mol. The normalized spacial score (nSPS) is 10.2. The zero-order valence-electron chi connectivity index (χ0n) is 3.17. The summed E-state index contributed by atoms with van der Waals surface area (Å²) in [5.74, 6) is 0. The summed E-state index contributed by atoms with van der Waals surface area (Å²) in [7, 11) is -4.55. The fourth-order valence-electron chi connectivity index (χ4n) is 0.0563. The Morgan fingerprint density at radius 1 is 1.62 bits per heavy atom. The van der Waals surface area contributed by atoms with Crippen molar-refractivity contribution in [2.45, 2.75) is 0 Å². The average Bonchev–Trinajstić information content (AvgIpc) is 1.30. The molecule has 8 heavy (non-hydrogen) atoms. The monoisotopic (exact) mass is 138 g/mol. The molecule has 0 aromatic carbocycles. The van der Waals surface area contributed by atoms with Crippen LogP contribution in [0.1, 0.15) is 0 Å². The van der Waals surface area contributed by atoms with Crippen LogP contribution >= 0.6 is 0 Å². The van der Waals surface area contributed by atoms with Crippen LogP contribution in [0, 0.1) is 0 Å². The molecule has 0 atom stereocenters. The number of hydrogen-bond acceptors (Lipinski definition) is 3. The van der Waals surface area contributed by atoms with E-state index in [-0.39, 0.29) is 18.9 Å². The quantitative estimate of drug-likeness (QED) is 0.396. The van der Waals surface area contributed by atoms with E-state index in [4.69, 9.17) is 4.55 Å². The van der Waals surface area contributed by atoms with E-state index in [1.165, 1.54) is 0 Å². The fraction of sp³-hybridized carbons (Fsp3) is 1.00. The molecule has 0 aromatic rings. The Balaban J connectivity index is 0. The maximum atomic E-state index is 10.7. The first kappa shape index (κ1) is 11.2. The van der Waals surface area contributed by atoms with Crippen molar-refractivity contribution in [3.05, 3.63) is 0 Å². The maximum absolute atomic E-state index is 10.7. The molecule has 0 amide bonds. The van der Waals surface area contributed by atoms with Gasteiger partial charge >= 0.3 is 29.3 Å². The van der Waals surface area contributed by atoms with Gasteiger partial charge in [0, 0.05) is 0 Å². The molecule has 0 aliphatic rings. The molecular formula is CH4FLiO4S. The third-order valence-electron chi connectivity index (χ3n) is 0.193. The summed E-state index contributed by atoms with van der Waals surface area (Å²) < 4.78 is 40.0. The molecule has 46 valence electrons. The van der Waals surface area contributed by atoms with Gasteiger partial charge < -0.3 is 0 Å².